The number of nitrogens with zero attached hydrogens (tertiary/aromatic N) is 2. The van der Waals surface area contributed by atoms with E-state index in [9.17, 15) is 14.4 Å². The third-order valence-electron chi connectivity index (χ3n) is 3.43. The Morgan fingerprint density at radius 2 is 2.10 bits per heavy atom. The first kappa shape index (κ1) is 16.3. The van der Waals surface area contributed by atoms with Gasteiger partial charge in [-0.05, 0) is 19.3 Å². The van der Waals surface area contributed by atoms with Crippen LogP contribution >= 0.6 is 0 Å². The third kappa shape index (κ3) is 4.71. The lowest BCUT2D eigenvalue weighted by Crippen LogP contribution is -2.49. The molecular weight excluding hydrogens is 262 g/mol. The molecule has 7 nitrogen and oxygen atoms in total. The summed E-state index contributed by atoms with van der Waals surface area (Å²) in [4.78, 5) is 37.3. The molecule has 1 atom stereocenters. The van der Waals surface area contributed by atoms with Crippen LogP contribution in [0.1, 0.15) is 39.0 Å². The molecule has 1 saturated heterocycles. The van der Waals surface area contributed by atoms with Crippen molar-refractivity contribution in [1.82, 2.24) is 9.80 Å². The molecule has 0 aromatic rings. The van der Waals surface area contributed by atoms with Gasteiger partial charge >= 0.3 is 12.0 Å². The molecule has 1 aliphatic heterocycles. The van der Waals surface area contributed by atoms with E-state index < -0.39 is 11.9 Å². The second kappa shape index (κ2) is 7.72. The summed E-state index contributed by atoms with van der Waals surface area (Å²) in [7, 11) is 0. The predicted molar refractivity (Wildman–Crippen MR) is 73.1 cm³/mol. The molecule has 20 heavy (non-hydrogen) atoms. The SMILES string of the molecule is CCCCN(CC(N)=O)C(=O)N1CCCC1CC(=O)O. The highest BCUT2D eigenvalue weighted by Gasteiger charge is 2.33. The predicted octanol–water partition coefficient (Wildman–Crippen LogP) is 0.633. The maximum Gasteiger partial charge on any atom is 0.320 e. The number of primary amides is 1. The third-order valence-corrected chi connectivity index (χ3v) is 3.43. The van der Waals surface area contributed by atoms with E-state index in [4.69, 9.17) is 10.8 Å². The molecular formula is C13H23N3O4. The second-order valence-electron chi connectivity index (χ2n) is 5.11. The number of carbonyl (C=O) groups is 3. The molecule has 0 aliphatic carbocycles. The van der Waals surface area contributed by atoms with E-state index in [1.807, 2.05) is 6.92 Å². The highest BCUT2D eigenvalue weighted by Crippen LogP contribution is 2.21. The Morgan fingerprint density at radius 1 is 1.40 bits per heavy atom. The Balaban J connectivity index is 2.70. The van der Waals surface area contributed by atoms with Crippen LogP contribution in [0, 0.1) is 0 Å². The molecule has 0 saturated carbocycles. The van der Waals surface area contributed by atoms with Crippen LogP contribution < -0.4 is 5.73 Å². The fraction of sp³-hybridized carbons (Fsp3) is 0.769. The number of hydrogen-bond donors (Lipinski definition) is 2. The zero-order valence-corrected chi connectivity index (χ0v) is 11.9. The van der Waals surface area contributed by atoms with Crippen molar-refractivity contribution < 1.29 is 19.5 Å². The van der Waals surface area contributed by atoms with Gasteiger partial charge in [0.25, 0.3) is 0 Å². The molecule has 0 bridgehead atoms. The van der Waals surface area contributed by atoms with Gasteiger partial charge in [-0.2, -0.15) is 0 Å². The number of carboxylic acid groups (broad SMARTS) is 1. The molecule has 3 amide bonds. The van der Waals surface area contributed by atoms with Gasteiger partial charge in [-0.25, -0.2) is 4.79 Å². The number of carboxylic acids is 1. The minimum absolute atomic E-state index is 0.0517. The molecule has 7 heteroatoms. The van der Waals surface area contributed by atoms with Crippen molar-refractivity contribution in [2.75, 3.05) is 19.6 Å². The summed E-state index contributed by atoms with van der Waals surface area (Å²) in [6.07, 6.45) is 3.12. The second-order valence-corrected chi connectivity index (χ2v) is 5.11. The Kier molecular flexibility index (Phi) is 6.27. The van der Waals surface area contributed by atoms with Gasteiger partial charge in [0.2, 0.25) is 5.91 Å². The summed E-state index contributed by atoms with van der Waals surface area (Å²) in [6, 6.07) is -0.557. The fourth-order valence-corrected chi connectivity index (χ4v) is 2.46. The first-order valence-corrected chi connectivity index (χ1v) is 7.01. The van der Waals surface area contributed by atoms with Crippen molar-refractivity contribution in [3.8, 4) is 0 Å². The summed E-state index contributed by atoms with van der Waals surface area (Å²) in [6.45, 7) is 2.89. The van der Waals surface area contributed by atoms with Crippen LogP contribution in [0.15, 0.2) is 0 Å². The molecule has 1 aliphatic rings. The van der Waals surface area contributed by atoms with Crippen LogP contribution in [-0.2, 0) is 9.59 Å². The first-order chi connectivity index (χ1) is 9.45. The molecule has 0 spiro atoms. The van der Waals surface area contributed by atoms with Gasteiger partial charge in [0.15, 0.2) is 0 Å². The molecule has 1 heterocycles. The molecule has 0 aromatic carbocycles. The fourth-order valence-electron chi connectivity index (χ4n) is 2.46. The van der Waals surface area contributed by atoms with Crippen molar-refractivity contribution in [3.05, 3.63) is 0 Å². The number of rotatable bonds is 7. The number of carbonyl (C=O) groups excluding carboxylic acids is 2. The van der Waals surface area contributed by atoms with Crippen LogP contribution in [-0.4, -0.2) is 58.5 Å². The molecule has 114 valence electrons. The number of unbranched alkanes of at least 4 members (excludes halogenated alkanes) is 1. The lowest BCUT2D eigenvalue weighted by Gasteiger charge is -2.30. The Hall–Kier alpha value is -1.79. The molecule has 0 aromatic heterocycles. The topological polar surface area (TPSA) is 104 Å². The molecule has 0 radical (unpaired) electrons. The summed E-state index contributed by atoms with van der Waals surface area (Å²) in [5, 5.41) is 8.87. The number of nitrogens with two attached hydrogens (primary N) is 1. The average Bonchev–Trinajstić information content (AvgIpc) is 2.80. The summed E-state index contributed by atoms with van der Waals surface area (Å²) < 4.78 is 0. The Bertz CT molecular complexity index is 373. The van der Waals surface area contributed by atoms with Crippen molar-refractivity contribution in [3.63, 3.8) is 0 Å². The largest absolute Gasteiger partial charge is 0.481 e. The van der Waals surface area contributed by atoms with E-state index in [0.717, 1.165) is 19.3 Å². The maximum absolute atomic E-state index is 12.4. The molecule has 1 rings (SSSR count). The molecule has 1 fully saturated rings. The van der Waals surface area contributed by atoms with E-state index in [2.05, 4.69) is 0 Å². The molecule has 1 unspecified atom stereocenters. The number of likely N-dealkylation sites (tertiary alicyclic amines) is 1. The minimum Gasteiger partial charge on any atom is -0.481 e. The zero-order valence-electron chi connectivity index (χ0n) is 11.9. The van der Waals surface area contributed by atoms with E-state index in [0.29, 0.717) is 19.5 Å². The molecule has 3 N–H and O–H groups in total. The van der Waals surface area contributed by atoms with E-state index in [-0.39, 0.29) is 25.0 Å². The first-order valence-electron chi connectivity index (χ1n) is 7.01. The van der Waals surface area contributed by atoms with Crippen molar-refractivity contribution in [2.45, 2.75) is 45.1 Å². The lowest BCUT2D eigenvalue weighted by atomic mass is 10.1. The minimum atomic E-state index is -0.912. The van der Waals surface area contributed by atoms with Crippen LogP contribution in [0.4, 0.5) is 4.79 Å². The smallest absolute Gasteiger partial charge is 0.320 e. The maximum atomic E-state index is 12.4. The van der Waals surface area contributed by atoms with Crippen LogP contribution in [0.25, 0.3) is 0 Å². The van der Waals surface area contributed by atoms with Crippen molar-refractivity contribution >= 4 is 17.9 Å². The average molecular weight is 285 g/mol. The number of aliphatic carboxylic acids is 1. The van der Waals surface area contributed by atoms with Gasteiger partial charge in [0.1, 0.15) is 6.54 Å². The van der Waals surface area contributed by atoms with Crippen LogP contribution in [0.3, 0.4) is 0 Å². The van der Waals surface area contributed by atoms with Crippen LogP contribution in [0.5, 0.6) is 0 Å². The highest BCUT2D eigenvalue weighted by atomic mass is 16.4. The van der Waals surface area contributed by atoms with E-state index >= 15 is 0 Å². The van der Waals surface area contributed by atoms with Gasteiger partial charge in [0.05, 0.1) is 6.42 Å². The monoisotopic (exact) mass is 285 g/mol. The van der Waals surface area contributed by atoms with Gasteiger partial charge in [-0.3, -0.25) is 9.59 Å². The van der Waals surface area contributed by atoms with Gasteiger partial charge in [0, 0.05) is 19.1 Å². The number of amides is 3. The highest BCUT2D eigenvalue weighted by molar-refractivity contribution is 5.83. The van der Waals surface area contributed by atoms with Crippen LogP contribution in [0.2, 0.25) is 0 Å². The van der Waals surface area contributed by atoms with Gasteiger partial charge in [-0.1, -0.05) is 13.3 Å². The normalized spacial score (nSPS) is 18.1. The Morgan fingerprint density at radius 3 is 2.65 bits per heavy atom. The van der Waals surface area contributed by atoms with Crippen molar-refractivity contribution in [2.24, 2.45) is 5.73 Å². The Labute approximate surface area is 118 Å². The summed E-state index contributed by atoms with van der Waals surface area (Å²) in [5.41, 5.74) is 5.17. The van der Waals surface area contributed by atoms with Gasteiger partial charge in [-0.15, -0.1) is 0 Å². The zero-order chi connectivity index (χ0) is 15.1. The number of hydrogen-bond acceptors (Lipinski definition) is 3. The quantitative estimate of drug-likeness (QED) is 0.716. The summed E-state index contributed by atoms with van der Waals surface area (Å²) in [5.74, 6) is -1.46. The lowest BCUT2D eigenvalue weighted by molar-refractivity contribution is -0.138. The van der Waals surface area contributed by atoms with E-state index in [1.165, 1.54) is 4.90 Å². The standard InChI is InChI=1S/C13H23N3O4/c1-2-3-6-15(9-11(14)17)13(20)16-7-4-5-10(16)8-12(18)19/h10H,2-9H2,1H3,(H2,14,17)(H,18,19). The van der Waals surface area contributed by atoms with Crippen molar-refractivity contribution in [1.29, 1.82) is 0 Å². The van der Waals surface area contributed by atoms with Gasteiger partial charge < -0.3 is 20.6 Å². The number of urea groups is 1. The van der Waals surface area contributed by atoms with E-state index in [1.54, 1.807) is 4.90 Å². The summed E-state index contributed by atoms with van der Waals surface area (Å²) >= 11 is 0.